The molecular weight excluding hydrogens is 427 g/mol. The molecule has 5 rings (SSSR count). The molecule has 1 aliphatic heterocycles. The molecule has 33 heavy (non-hydrogen) atoms. The van der Waals surface area contributed by atoms with Gasteiger partial charge in [-0.05, 0) is 47.9 Å². The van der Waals surface area contributed by atoms with Crippen LogP contribution in [0.1, 0.15) is 22.7 Å². The van der Waals surface area contributed by atoms with Gasteiger partial charge < -0.3 is 10.2 Å². The molecule has 1 unspecified atom stereocenters. The molecule has 2 heterocycles. The number of nitrogens with one attached hydrogen (secondary N) is 1. The van der Waals surface area contributed by atoms with Gasteiger partial charge in [-0.15, -0.1) is 0 Å². The van der Waals surface area contributed by atoms with Gasteiger partial charge in [0.25, 0.3) is 5.91 Å². The van der Waals surface area contributed by atoms with Crippen LogP contribution in [0.5, 0.6) is 0 Å². The normalized spacial score (nSPS) is 14.2. The third kappa shape index (κ3) is 4.02. The second-order valence-electron chi connectivity index (χ2n) is 7.99. The van der Waals surface area contributed by atoms with E-state index in [0.29, 0.717) is 17.8 Å². The lowest BCUT2D eigenvalue weighted by molar-refractivity contribution is -0.137. The first-order valence-corrected chi connectivity index (χ1v) is 10.6. The molecule has 0 fully saturated rings. The quantitative estimate of drug-likeness (QED) is 0.418. The average Bonchev–Trinajstić information content (AvgIpc) is 3.23. The van der Waals surface area contributed by atoms with Gasteiger partial charge in [-0.3, -0.25) is 9.78 Å². The summed E-state index contributed by atoms with van der Waals surface area (Å²) in [5, 5.41) is 4.73. The number of halogens is 3. The van der Waals surface area contributed by atoms with E-state index in [2.05, 4.69) is 10.3 Å². The Balaban J connectivity index is 1.54. The molecule has 0 spiro atoms. The van der Waals surface area contributed by atoms with Crippen molar-refractivity contribution in [3.63, 3.8) is 0 Å². The number of aromatic nitrogens is 1. The van der Waals surface area contributed by atoms with Gasteiger partial charge in [0.05, 0.1) is 5.56 Å². The van der Waals surface area contributed by atoms with Crippen molar-refractivity contribution in [2.24, 2.45) is 0 Å². The van der Waals surface area contributed by atoms with Crippen molar-refractivity contribution in [1.82, 2.24) is 4.98 Å². The number of anilines is 2. The Labute approximate surface area is 188 Å². The van der Waals surface area contributed by atoms with Gasteiger partial charge in [0.15, 0.2) is 0 Å². The second kappa shape index (κ2) is 8.24. The van der Waals surface area contributed by atoms with Crippen LogP contribution in [0, 0.1) is 0 Å². The lowest BCUT2D eigenvalue weighted by Gasteiger charge is -2.30. The third-order valence-corrected chi connectivity index (χ3v) is 5.98. The summed E-state index contributed by atoms with van der Waals surface area (Å²) in [6.07, 6.45) is -0.300. The highest BCUT2D eigenvalue weighted by molar-refractivity contribution is 6.05. The molecule has 1 aliphatic rings. The molecule has 1 aromatic heterocycles. The number of para-hydroxylation sites is 1. The Morgan fingerprint density at radius 2 is 1.76 bits per heavy atom. The Morgan fingerprint density at radius 3 is 2.55 bits per heavy atom. The van der Waals surface area contributed by atoms with Gasteiger partial charge >= 0.3 is 6.18 Å². The van der Waals surface area contributed by atoms with Crippen LogP contribution < -0.4 is 10.2 Å². The fraction of sp³-hybridized carbons (Fsp3) is 0.154. The minimum atomic E-state index is -4.44. The number of pyridine rings is 1. The first-order chi connectivity index (χ1) is 15.9. The van der Waals surface area contributed by atoms with E-state index in [9.17, 15) is 18.0 Å². The van der Waals surface area contributed by atoms with E-state index in [4.69, 9.17) is 0 Å². The SMILES string of the molecule is O=C(Nc1cccc2cnccc12)C(c1ccc(C(F)(F)F)cc1)N1CCc2ccccc21. The lowest BCUT2D eigenvalue weighted by atomic mass is 10.0. The molecule has 1 amide bonds. The van der Waals surface area contributed by atoms with Gasteiger partial charge in [0.1, 0.15) is 6.04 Å². The maximum Gasteiger partial charge on any atom is 0.416 e. The van der Waals surface area contributed by atoms with Crippen molar-refractivity contribution in [1.29, 1.82) is 0 Å². The predicted octanol–water partition coefficient (Wildman–Crippen LogP) is 6.00. The largest absolute Gasteiger partial charge is 0.416 e. The van der Waals surface area contributed by atoms with Crippen LogP contribution in [0.2, 0.25) is 0 Å². The van der Waals surface area contributed by atoms with E-state index in [-0.39, 0.29) is 5.91 Å². The number of carbonyl (C=O) groups excluding carboxylic acids is 1. The van der Waals surface area contributed by atoms with E-state index < -0.39 is 17.8 Å². The second-order valence-corrected chi connectivity index (χ2v) is 7.99. The van der Waals surface area contributed by atoms with Crippen molar-refractivity contribution >= 4 is 28.1 Å². The van der Waals surface area contributed by atoms with E-state index in [1.807, 2.05) is 53.4 Å². The molecule has 4 aromatic rings. The highest BCUT2D eigenvalue weighted by atomic mass is 19.4. The van der Waals surface area contributed by atoms with Gasteiger partial charge in [-0.2, -0.15) is 13.2 Å². The molecule has 0 bridgehead atoms. The number of alkyl halides is 3. The minimum absolute atomic E-state index is 0.309. The van der Waals surface area contributed by atoms with Crippen LogP contribution >= 0.6 is 0 Å². The number of rotatable bonds is 4. The monoisotopic (exact) mass is 447 g/mol. The highest BCUT2D eigenvalue weighted by Gasteiger charge is 2.34. The summed E-state index contributed by atoms with van der Waals surface area (Å²) >= 11 is 0. The molecule has 1 atom stereocenters. The Kier molecular flexibility index (Phi) is 5.24. The van der Waals surface area contributed by atoms with Gasteiger partial charge in [-0.1, -0.05) is 42.5 Å². The number of amides is 1. The van der Waals surface area contributed by atoms with Crippen LogP contribution in [-0.2, 0) is 17.4 Å². The molecule has 7 heteroatoms. The zero-order chi connectivity index (χ0) is 23.0. The predicted molar refractivity (Wildman–Crippen MR) is 122 cm³/mol. The smallest absolute Gasteiger partial charge is 0.355 e. The first kappa shape index (κ1) is 21.0. The zero-order valence-corrected chi connectivity index (χ0v) is 17.5. The Morgan fingerprint density at radius 1 is 0.970 bits per heavy atom. The van der Waals surface area contributed by atoms with E-state index in [1.54, 1.807) is 12.4 Å². The molecule has 166 valence electrons. The summed E-state index contributed by atoms with van der Waals surface area (Å²) in [7, 11) is 0. The number of carbonyl (C=O) groups is 1. The maximum absolute atomic E-state index is 13.6. The molecular formula is C26H20F3N3O. The summed E-state index contributed by atoms with van der Waals surface area (Å²) in [4.78, 5) is 19.7. The number of hydrogen-bond acceptors (Lipinski definition) is 3. The molecule has 4 nitrogen and oxygen atoms in total. The fourth-order valence-corrected chi connectivity index (χ4v) is 4.39. The van der Waals surface area contributed by atoms with Crippen LogP contribution in [0.15, 0.2) is 85.2 Å². The van der Waals surface area contributed by atoms with Crippen molar-refractivity contribution < 1.29 is 18.0 Å². The van der Waals surface area contributed by atoms with Crippen LogP contribution in [0.3, 0.4) is 0 Å². The third-order valence-electron chi connectivity index (χ3n) is 5.98. The average molecular weight is 447 g/mol. The van der Waals surface area contributed by atoms with Gasteiger partial charge in [-0.25, -0.2) is 0 Å². The number of fused-ring (bicyclic) bond motifs is 2. The molecule has 0 saturated carbocycles. The molecule has 1 N–H and O–H groups in total. The lowest BCUT2D eigenvalue weighted by Crippen LogP contribution is -2.36. The first-order valence-electron chi connectivity index (χ1n) is 10.6. The summed E-state index contributed by atoms with van der Waals surface area (Å²) in [5.41, 5.74) is 2.41. The van der Waals surface area contributed by atoms with Crippen molar-refractivity contribution in [3.05, 3.63) is 102 Å². The zero-order valence-electron chi connectivity index (χ0n) is 17.5. The highest BCUT2D eigenvalue weighted by Crippen LogP contribution is 2.37. The van der Waals surface area contributed by atoms with Crippen LogP contribution in [0.4, 0.5) is 24.5 Å². The van der Waals surface area contributed by atoms with E-state index in [0.717, 1.165) is 40.6 Å². The molecule has 0 saturated heterocycles. The summed E-state index contributed by atoms with van der Waals surface area (Å²) in [6, 6.07) is 19.2. The number of benzene rings is 3. The van der Waals surface area contributed by atoms with E-state index in [1.165, 1.54) is 12.1 Å². The summed E-state index contributed by atoms with van der Waals surface area (Å²) in [5.74, 6) is -0.309. The van der Waals surface area contributed by atoms with Gasteiger partial charge in [0.2, 0.25) is 0 Å². The summed E-state index contributed by atoms with van der Waals surface area (Å²) < 4.78 is 39.4. The van der Waals surface area contributed by atoms with Crippen molar-refractivity contribution in [2.75, 3.05) is 16.8 Å². The van der Waals surface area contributed by atoms with Crippen LogP contribution in [0.25, 0.3) is 10.8 Å². The van der Waals surface area contributed by atoms with Crippen LogP contribution in [-0.4, -0.2) is 17.4 Å². The molecule has 0 radical (unpaired) electrons. The fourth-order valence-electron chi connectivity index (χ4n) is 4.39. The minimum Gasteiger partial charge on any atom is -0.355 e. The maximum atomic E-state index is 13.6. The molecule has 0 aliphatic carbocycles. The van der Waals surface area contributed by atoms with Crippen molar-refractivity contribution in [3.8, 4) is 0 Å². The van der Waals surface area contributed by atoms with Crippen molar-refractivity contribution in [2.45, 2.75) is 18.6 Å². The molecule has 3 aromatic carbocycles. The van der Waals surface area contributed by atoms with E-state index >= 15 is 0 Å². The van der Waals surface area contributed by atoms with Gasteiger partial charge in [0, 0.05) is 41.1 Å². The topological polar surface area (TPSA) is 45.2 Å². The standard InChI is InChI=1S/C26H20F3N3O/c27-26(28,29)20-10-8-18(9-11-20)24(32-15-13-17-4-1-2-7-23(17)32)25(33)31-22-6-3-5-19-16-30-14-12-21(19)22/h1-12,14,16,24H,13,15H2,(H,31,33). The Bertz CT molecular complexity index is 1310. The summed E-state index contributed by atoms with van der Waals surface area (Å²) in [6.45, 7) is 0.595. The number of hydrogen-bond donors (Lipinski definition) is 1. The Hall–Kier alpha value is -3.87. The number of nitrogens with zero attached hydrogens (tertiary/aromatic N) is 2.